The molecule has 0 bridgehead atoms. The molecule has 0 radical (unpaired) electrons. The second-order valence-corrected chi connectivity index (χ2v) is 25.4. The number of aliphatic carboxylic acids is 1. The minimum absolute atomic E-state index is 0. The number of carbonyl (C=O) groups is 9. The topological polar surface area (TPSA) is 409 Å². The Morgan fingerprint density at radius 2 is 1.13 bits per heavy atom. The van der Waals surface area contributed by atoms with Crippen LogP contribution in [-0.2, 0) is 78.6 Å². The summed E-state index contributed by atoms with van der Waals surface area (Å²) in [6.07, 6.45) is 17.4. The SMILES string of the molecule is CCC(C)CC(=O)C[C@@H](CCCCNC(=O)COCCOCCCC(=O)COCCOCCNC(=O)CC[C@H](NC(=O)CCCCCCCCCCCCCCCS(=O)(=O)O)C(=O)O)C(=O)C(C)C(CCCCC(=N)N)C(=O)N[C@@H](Cc1ccc(O)cc1)C(N)=O.[HH].[HH]. The molecule has 3 unspecified atom stereocenters. The quantitative estimate of drug-likeness (QED) is 0.0133. The van der Waals surface area contributed by atoms with Crippen LogP contribution in [-0.4, -0.2) is 166 Å². The second kappa shape index (κ2) is 51.6. The van der Waals surface area contributed by atoms with Gasteiger partial charge in [-0.15, -0.1) is 0 Å². The number of benzene rings is 1. The number of carbonyl (C=O) groups excluding carboxylic acids is 8. The van der Waals surface area contributed by atoms with Gasteiger partial charge in [0.05, 0.1) is 44.6 Å². The van der Waals surface area contributed by atoms with Gasteiger partial charge in [-0.2, -0.15) is 8.42 Å². The highest BCUT2D eigenvalue weighted by molar-refractivity contribution is 7.85. The number of hydrogen-bond acceptors (Lipinski definition) is 17. The summed E-state index contributed by atoms with van der Waals surface area (Å²) < 4.78 is 52.1. The van der Waals surface area contributed by atoms with E-state index in [4.69, 9.17) is 40.4 Å². The lowest BCUT2D eigenvalue weighted by molar-refractivity contribution is -0.142. The summed E-state index contributed by atoms with van der Waals surface area (Å²) in [5.74, 6) is -6.42. The third-order valence-corrected chi connectivity index (χ3v) is 16.5. The van der Waals surface area contributed by atoms with Crippen LogP contribution >= 0.6 is 0 Å². The van der Waals surface area contributed by atoms with Crippen LogP contribution in [0.15, 0.2) is 24.3 Å². The minimum atomic E-state index is -3.86. The molecule has 0 aliphatic rings. The van der Waals surface area contributed by atoms with Crippen molar-refractivity contribution in [3.05, 3.63) is 29.8 Å². The van der Waals surface area contributed by atoms with Gasteiger partial charge in [0.25, 0.3) is 10.1 Å². The zero-order valence-electron chi connectivity index (χ0n) is 54.6. The van der Waals surface area contributed by atoms with Crippen molar-refractivity contribution in [2.45, 2.75) is 219 Å². The third-order valence-electron chi connectivity index (χ3n) is 15.7. The molecule has 0 heterocycles. The summed E-state index contributed by atoms with van der Waals surface area (Å²) in [6.45, 7) is 6.94. The maximum Gasteiger partial charge on any atom is 0.326 e. The number of phenolic OH excluding ortho intramolecular Hbond substituents is 1. The molecule has 91 heavy (non-hydrogen) atoms. The summed E-state index contributed by atoms with van der Waals surface area (Å²) in [4.78, 5) is 115. The molecular formula is C65H115N7O18S. The lowest BCUT2D eigenvalue weighted by Gasteiger charge is -2.28. The normalized spacial score (nSPS) is 13.5. The number of hydrogen-bond donors (Lipinski definition) is 10. The Kier molecular flexibility index (Phi) is 47.1. The van der Waals surface area contributed by atoms with Crippen molar-refractivity contribution in [2.24, 2.45) is 35.1 Å². The standard InChI is InChI=1S/C65H111N7O18S.2H2/c1-4-48(2)43-54(75)45-51(62(79)49(3)55(25-17-18-26-58(66)67)64(81)72-57(63(68)80)44-50-28-30-52(73)31-29-50)23-19-20-34-69-61(78)47-90-41-38-87-36-22-24-53(74)46-89-40-39-88-37-35-70-59(76)33-32-56(65(82)83)71-60(77)27-16-14-12-10-8-6-5-7-9-11-13-15-21-42-91(84,85)86;;/h28-31,48-49,51,55-57,73H,4-27,32-47H2,1-3H3,(H3,66,67)(H2,68,80)(H,69,78)(H,70,76)(H,71,77)(H,72,81)(H,82,83)(H,84,85,86);2*1H/t48?,49?,51-,55?,56+,57+;;/m1../s1. The van der Waals surface area contributed by atoms with E-state index in [-0.39, 0.29) is 159 Å². The molecule has 0 fully saturated rings. The van der Waals surface area contributed by atoms with Crippen LogP contribution in [0.3, 0.4) is 0 Å². The van der Waals surface area contributed by atoms with Crippen molar-refractivity contribution in [2.75, 3.05) is 71.7 Å². The first-order valence-electron chi connectivity index (χ1n) is 33.0. The van der Waals surface area contributed by atoms with Crippen LogP contribution in [0.25, 0.3) is 0 Å². The summed E-state index contributed by atoms with van der Waals surface area (Å²) in [7, 11) is -3.86. The molecule has 0 saturated heterocycles. The number of amidine groups is 1. The Balaban J connectivity index is 0. The maximum atomic E-state index is 14.3. The smallest absolute Gasteiger partial charge is 0.326 e. The molecule has 6 atom stereocenters. The monoisotopic (exact) mass is 1310 g/mol. The lowest BCUT2D eigenvalue weighted by Crippen LogP contribution is -2.49. The number of carboxylic acids is 1. The van der Waals surface area contributed by atoms with Gasteiger partial charge >= 0.3 is 5.97 Å². The number of rotatable bonds is 61. The number of nitrogens with one attached hydrogen (secondary N) is 5. The lowest BCUT2D eigenvalue weighted by atomic mass is 9.77. The fourth-order valence-electron chi connectivity index (χ4n) is 10.2. The van der Waals surface area contributed by atoms with E-state index in [9.17, 15) is 61.8 Å². The number of nitrogens with two attached hydrogens (primary N) is 2. The highest BCUT2D eigenvalue weighted by atomic mass is 32.2. The fraction of sp³-hybridized carbons (Fsp3) is 0.754. The first-order chi connectivity index (χ1) is 43.4. The van der Waals surface area contributed by atoms with Gasteiger partial charge in [-0.25, -0.2) is 4.79 Å². The third kappa shape index (κ3) is 45.9. The van der Waals surface area contributed by atoms with Gasteiger partial charge in [-0.3, -0.25) is 48.3 Å². The van der Waals surface area contributed by atoms with Crippen molar-refractivity contribution in [1.29, 1.82) is 5.41 Å². The number of ether oxygens (including phenoxy) is 4. The van der Waals surface area contributed by atoms with Gasteiger partial charge in [0, 0.05) is 85.2 Å². The summed E-state index contributed by atoms with van der Waals surface area (Å²) in [6, 6.07) is 3.87. The molecule has 0 aliphatic carbocycles. The van der Waals surface area contributed by atoms with Crippen molar-refractivity contribution in [1.82, 2.24) is 21.3 Å². The number of primary amides is 1. The average Bonchev–Trinajstić information content (AvgIpc) is 1.22. The Labute approximate surface area is 543 Å². The fourth-order valence-corrected chi connectivity index (χ4v) is 10.7. The van der Waals surface area contributed by atoms with E-state index in [0.717, 1.165) is 77.0 Å². The number of carboxylic acid groups (broad SMARTS) is 1. The molecule has 25 nitrogen and oxygen atoms in total. The van der Waals surface area contributed by atoms with E-state index in [0.29, 0.717) is 82.9 Å². The number of phenols is 1. The van der Waals surface area contributed by atoms with Crippen molar-refractivity contribution in [3.63, 3.8) is 0 Å². The Morgan fingerprint density at radius 1 is 0.571 bits per heavy atom. The number of unbranched alkanes of at least 4 members (excludes halogenated alkanes) is 14. The molecule has 26 heteroatoms. The average molecular weight is 1310 g/mol. The van der Waals surface area contributed by atoms with Gasteiger partial charge in [-0.1, -0.05) is 123 Å². The Morgan fingerprint density at radius 3 is 1.73 bits per heavy atom. The molecule has 0 aliphatic heterocycles. The molecular weight excluding hydrogens is 1200 g/mol. The highest BCUT2D eigenvalue weighted by Gasteiger charge is 2.36. The van der Waals surface area contributed by atoms with Crippen molar-refractivity contribution < 1.29 is 88.1 Å². The highest BCUT2D eigenvalue weighted by Crippen LogP contribution is 2.29. The largest absolute Gasteiger partial charge is 0.508 e. The van der Waals surface area contributed by atoms with E-state index in [1.54, 1.807) is 19.1 Å². The molecule has 0 saturated carbocycles. The van der Waals surface area contributed by atoms with Gasteiger partial charge < -0.3 is 61.9 Å². The molecule has 5 amide bonds. The molecule has 1 rings (SSSR count). The van der Waals surface area contributed by atoms with Crippen LogP contribution in [0.2, 0.25) is 0 Å². The first-order valence-corrected chi connectivity index (χ1v) is 34.6. The minimum Gasteiger partial charge on any atom is -0.508 e. The van der Waals surface area contributed by atoms with Crippen molar-refractivity contribution >= 4 is 68.8 Å². The molecule has 1 aromatic carbocycles. The predicted molar refractivity (Wildman–Crippen MR) is 350 cm³/mol. The zero-order chi connectivity index (χ0) is 67.7. The van der Waals surface area contributed by atoms with Gasteiger partial charge in [0.15, 0.2) is 5.78 Å². The zero-order valence-corrected chi connectivity index (χ0v) is 55.4. The van der Waals surface area contributed by atoms with Gasteiger partial charge in [0.1, 0.15) is 42.6 Å². The molecule has 0 aromatic heterocycles. The van der Waals surface area contributed by atoms with Crippen LogP contribution < -0.4 is 32.7 Å². The van der Waals surface area contributed by atoms with Crippen LogP contribution in [0.5, 0.6) is 5.75 Å². The summed E-state index contributed by atoms with van der Waals surface area (Å²) in [5.41, 5.74) is 11.9. The van der Waals surface area contributed by atoms with E-state index in [2.05, 4.69) is 21.3 Å². The van der Waals surface area contributed by atoms with Crippen LogP contribution in [0.1, 0.15) is 209 Å². The van der Waals surface area contributed by atoms with E-state index in [1.165, 1.54) is 12.1 Å². The first kappa shape index (κ1) is 83.1. The number of Topliss-reactive ketones (excluding diaryl/α,β-unsaturated/α-hetero) is 3. The summed E-state index contributed by atoms with van der Waals surface area (Å²) >= 11 is 0. The molecule has 12 N–H and O–H groups in total. The molecule has 1 aromatic rings. The summed E-state index contributed by atoms with van der Waals surface area (Å²) in [5, 5.41) is 37.6. The van der Waals surface area contributed by atoms with Crippen LogP contribution in [0, 0.1) is 29.1 Å². The van der Waals surface area contributed by atoms with Gasteiger partial charge in [0.2, 0.25) is 29.5 Å². The predicted octanol–water partition coefficient (Wildman–Crippen LogP) is 7.24. The second-order valence-electron chi connectivity index (χ2n) is 23.9. The molecule has 0 spiro atoms. The molecule has 524 valence electrons. The van der Waals surface area contributed by atoms with Crippen molar-refractivity contribution in [3.8, 4) is 5.75 Å². The van der Waals surface area contributed by atoms with E-state index >= 15 is 0 Å². The number of ketones is 3. The Hall–Kier alpha value is -5.93. The van der Waals surface area contributed by atoms with Gasteiger partial charge in [-0.05, 0) is 75.0 Å². The van der Waals surface area contributed by atoms with E-state index < -0.39 is 57.7 Å². The number of aromatic hydroxyl groups is 1. The number of amides is 5. The Bertz CT molecular complexity index is 2410. The maximum absolute atomic E-state index is 14.3. The van der Waals surface area contributed by atoms with Crippen LogP contribution in [0.4, 0.5) is 0 Å². The van der Waals surface area contributed by atoms with E-state index in [1.807, 2.05) is 13.8 Å².